The van der Waals surface area contributed by atoms with E-state index in [1.807, 2.05) is 0 Å². The van der Waals surface area contributed by atoms with Gasteiger partial charge in [0.05, 0.1) is 36.7 Å². The second-order valence-electron chi connectivity index (χ2n) is 7.11. The Morgan fingerprint density at radius 3 is 2.67 bits per heavy atom. The van der Waals surface area contributed by atoms with Gasteiger partial charge in [-0.15, -0.1) is 0 Å². The van der Waals surface area contributed by atoms with Gasteiger partial charge in [0.1, 0.15) is 0 Å². The number of carbonyl (C=O) groups excluding carboxylic acids is 2. The molecule has 1 saturated heterocycles. The van der Waals surface area contributed by atoms with Gasteiger partial charge in [-0.05, 0) is 24.6 Å². The quantitative estimate of drug-likeness (QED) is 0.735. The van der Waals surface area contributed by atoms with E-state index >= 15 is 0 Å². The zero-order valence-corrected chi connectivity index (χ0v) is 16.8. The number of amides is 2. The number of aliphatic imine (C=N–C) groups is 1. The van der Waals surface area contributed by atoms with Crippen LogP contribution in [-0.4, -0.2) is 63.1 Å². The summed E-state index contributed by atoms with van der Waals surface area (Å²) in [6, 6.07) is 4.84. The molecule has 162 valence electrons. The average Bonchev–Trinajstić information content (AvgIpc) is 2.66. The summed E-state index contributed by atoms with van der Waals surface area (Å²) in [5.74, 6) is -0.196. The van der Waals surface area contributed by atoms with Crippen molar-refractivity contribution < 1.29 is 27.8 Å². The molecule has 2 aliphatic heterocycles. The summed E-state index contributed by atoms with van der Waals surface area (Å²) < 4.78 is 34.8. The molecule has 2 heterocycles. The minimum absolute atomic E-state index is 0.0763. The minimum Gasteiger partial charge on any atom is -0.443 e. The third-order valence-corrected chi connectivity index (χ3v) is 4.86. The summed E-state index contributed by atoms with van der Waals surface area (Å²) in [5.41, 5.74) is 7.89. The number of benzene rings is 1. The molecule has 0 radical (unpaired) electrons. The van der Waals surface area contributed by atoms with Crippen LogP contribution in [0.3, 0.4) is 0 Å². The topological polar surface area (TPSA) is 97.5 Å². The van der Waals surface area contributed by atoms with Crippen LogP contribution in [-0.2, 0) is 14.3 Å². The molecular formula is C20H24F2N4O4. The second-order valence-corrected chi connectivity index (χ2v) is 7.11. The van der Waals surface area contributed by atoms with Gasteiger partial charge >= 0.3 is 6.09 Å². The summed E-state index contributed by atoms with van der Waals surface area (Å²) in [6.07, 6.45) is -0.655. The van der Waals surface area contributed by atoms with Crippen LogP contribution in [0.1, 0.15) is 19.4 Å². The molecule has 2 aliphatic rings. The number of fused-ring (bicyclic) bond motifs is 1. The fourth-order valence-corrected chi connectivity index (χ4v) is 3.38. The van der Waals surface area contributed by atoms with Gasteiger partial charge in [0.15, 0.2) is 6.61 Å². The molecule has 0 spiro atoms. The lowest BCUT2D eigenvalue weighted by molar-refractivity contribution is -0.117. The van der Waals surface area contributed by atoms with Crippen LogP contribution < -0.4 is 15.5 Å². The van der Waals surface area contributed by atoms with Crippen molar-refractivity contribution >= 4 is 35.2 Å². The smallest absolute Gasteiger partial charge is 0.414 e. The molecule has 1 atom stereocenters. The lowest BCUT2D eigenvalue weighted by Crippen LogP contribution is -2.51. The van der Waals surface area contributed by atoms with Gasteiger partial charge in [-0.25, -0.2) is 13.6 Å². The molecule has 30 heavy (non-hydrogen) atoms. The van der Waals surface area contributed by atoms with E-state index in [0.717, 1.165) is 0 Å². The minimum atomic E-state index is -2.77. The molecule has 1 aromatic rings. The van der Waals surface area contributed by atoms with Gasteiger partial charge < -0.3 is 20.1 Å². The number of nitrogens with zero attached hydrogens (tertiary/aromatic N) is 3. The predicted molar refractivity (Wildman–Crippen MR) is 109 cm³/mol. The zero-order valence-electron chi connectivity index (χ0n) is 16.8. The van der Waals surface area contributed by atoms with Crippen LogP contribution in [0.2, 0.25) is 0 Å². The van der Waals surface area contributed by atoms with Crippen molar-refractivity contribution in [3.8, 4) is 0 Å². The molecule has 1 aromatic carbocycles. The first-order valence-electron chi connectivity index (χ1n) is 9.51. The highest BCUT2D eigenvalue weighted by molar-refractivity contribution is 6.11. The zero-order chi connectivity index (χ0) is 21.8. The first-order valence-corrected chi connectivity index (χ1v) is 9.51. The number of ether oxygens (including phenoxy) is 2. The Bertz CT molecular complexity index is 870. The number of hydrogen-bond donors (Lipinski definition) is 1. The van der Waals surface area contributed by atoms with E-state index in [4.69, 9.17) is 15.2 Å². The lowest BCUT2D eigenvalue weighted by Gasteiger charge is -2.40. The standard InChI is InChI=1S/C20H24F2N4O4/c1-12-8-25(20(28)30-11-19(21)22)18-5-14(3-4-17(18)26(12)13(2)27)15(6-23)7-24-16-9-29-10-16/h3-7,12,16,19H,8-11,23H2,1-2H3/b15-6+,24-7?/t12-/m0/s1. The van der Waals surface area contributed by atoms with Crippen molar-refractivity contribution in [2.45, 2.75) is 32.4 Å². The summed E-state index contributed by atoms with van der Waals surface area (Å²) >= 11 is 0. The molecule has 8 nitrogen and oxygen atoms in total. The van der Waals surface area contributed by atoms with Crippen LogP contribution >= 0.6 is 0 Å². The molecule has 0 aliphatic carbocycles. The van der Waals surface area contributed by atoms with E-state index in [0.29, 0.717) is 35.7 Å². The van der Waals surface area contributed by atoms with Crippen LogP contribution in [0.5, 0.6) is 0 Å². The molecule has 0 saturated carbocycles. The molecular weight excluding hydrogens is 398 g/mol. The Kier molecular flexibility index (Phi) is 6.66. The van der Waals surface area contributed by atoms with Crippen LogP contribution in [0.4, 0.5) is 25.0 Å². The molecule has 1 fully saturated rings. The highest BCUT2D eigenvalue weighted by Gasteiger charge is 2.35. The number of carbonyl (C=O) groups is 2. The Hall–Kier alpha value is -3.01. The highest BCUT2D eigenvalue weighted by Crippen LogP contribution is 2.38. The first kappa shape index (κ1) is 21.7. The normalized spacial score (nSPS) is 19.8. The van der Waals surface area contributed by atoms with E-state index in [9.17, 15) is 18.4 Å². The Morgan fingerprint density at radius 2 is 2.10 bits per heavy atom. The fraction of sp³-hybridized carbons (Fsp3) is 0.450. The van der Waals surface area contributed by atoms with Gasteiger partial charge in [0.2, 0.25) is 5.91 Å². The van der Waals surface area contributed by atoms with Crippen LogP contribution in [0.25, 0.3) is 5.57 Å². The molecule has 2 amide bonds. The monoisotopic (exact) mass is 422 g/mol. The number of allylic oxidation sites excluding steroid dienone is 1. The van der Waals surface area contributed by atoms with Gasteiger partial charge in [0, 0.05) is 31.5 Å². The molecule has 3 rings (SSSR count). The Labute approximate surface area is 172 Å². The van der Waals surface area contributed by atoms with E-state index in [1.165, 1.54) is 18.0 Å². The SMILES string of the molecule is CC(=O)N1c2ccc(/C(C=NC3COC3)=C/N)cc2N(C(=O)OCC(F)F)C[C@@H]1C. The third-order valence-electron chi connectivity index (χ3n) is 4.86. The number of hydrogen-bond acceptors (Lipinski definition) is 6. The van der Waals surface area contributed by atoms with E-state index in [1.54, 1.807) is 36.2 Å². The highest BCUT2D eigenvalue weighted by atomic mass is 19.3. The number of rotatable bonds is 5. The van der Waals surface area contributed by atoms with Crippen molar-refractivity contribution in [3.05, 3.63) is 30.0 Å². The average molecular weight is 422 g/mol. The number of nitrogens with two attached hydrogens (primary N) is 1. The predicted octanol–water partition coefficient (Wildman–Crippen LogP) is 2.42. The van der Waals surface area contributed by atoms with Crippen molar-refractivity contribution in [1.29, 1.82) is 0 Å². The third kappa shape index (κ3) is 4.59. The van der Waals surface area contributed by atoms with E-state index in [-0.39, 0.29) is 24.5 Å². The Morgan fingerprint density at radius 1 is 1.37 bits per heavy atom. The van der Waals surface area contributed by atoms with Gasteiger partial charge in [0.25, 0.3) is 6.43 Å². The van der Waals surface area contributed by atoms with Crippen LogP contribution in [0, 0.1) is 0 Å². The molecule has 0 bridgehead atoms. The summed E-state index contributed by atoms with van der Waals surface area (Å²) in [5, 5.41) is 0. The second kappa shape index (κ2) is 9.21. The van der Waals surface area contributed by atoms with Crippen molar-refractivity contribution in [2.24, 2.45) is 10.7 Å². The maximum atomic E-state index is 12.5. The molecule has 2 N–H and O–H groups in total. The van der Waals surface area contributed by atoms with Crippen molar-refractivity contribution in [1.82, 2.24) is 0 Å². The summed E-state index contributed by atoms with van der Waals surface area (Å²) in [4.78, 5) is 31.9. The number of halogens is 2. The van der Waals surface area contributed by atoms with Gasteiger partial charge in [-0.3, -0.25) is 14.7 Å². The van der Waals surface area contributed by atoms with Gasteiger partial charge in [-0.1, -0.05) is 6.07 Å². The molecule has 10 heteroatoms. The van der Waals surface area contributed by atoms with E-state index in [2.05, 4.69) is 4.99 Å². The largest absolute Gasteiger partial charge is 0.443 e. The molecule has 0 aromatic heterocycles. The van der Waals surface area contributed by atoms with Gasteiger partial charge in [-0.2, -0.15) is 0 Å². The lowest BCUT2D eigenvalue weighted by atomic mass is 10.0. The fourth-order valence-electron chi connectivity index (χ4n) is 3.38. The maximum Gasteiger partial charge on any atom is 0.414 e. The number of alkyl halides is 2. The van der Waals surface area contributed by atoms with E-state index < -0.39 is 19.1 Å². The summed E-state index contributed by atoms with van der Waals surface area (Å²) in [6.45, 7) is 3.40. The number of anilines is 2. The maximum absolute atomic E-state index is 12.5. The van der Waals surface area contributed by atoms with Crippen LogP contribution in [0.15, 0.2) is 29.4 Å². The van der Waals surface area contributed by atoms with Crippen molar-refractivity contribution in [2.75, 3.05) is 36.2 Å². The first-order chi connectivity index (χ1) is 14.3. The Balaban J connectivity index is 1.96. The summed E-state index contributed by atoms with van der Waals surface area (Å²) in [7, 11) is 0. The molecule has 0 unspecified atom stereocenters. The van der Waals surface area contributed by atoms with Crippen molar-refractivity contribution in [3.63, 3.8) is 0 Å².